The summed E-state index contributed by atoms with van der Waals surface area (Å²) in [7, 11) is -7.14. The van der Waals surface area contributed by atoms with Gasteiger partial charge in [0.2, 0.25) is 20.0 Å². The van der Waals surface area contributed by atoms with Crippen molar-refractivity contribution in [3.05, 3.63) is 59.4 Å². The van der Waals surface area contributed by atoms with Crippen LogP contribution in [0.3, 0.4) is 0 Å². The van der Waals surface area contributed by atoms with Gasteiger partial charge in [0.05, 0.1) is 16.8 Å². The lowest BCUT2D eigenvalue weighted by Crippen LogP contribution is -2.37. The summed E-state index contributed by atoms with van der Waals surface area (Å²) in [6.07, 6.45) is 2.16. The Hall–Kier alpha value is -2.50. The molecule has 0 aromatic heterocycles. The quantitative estimate of drug-likeness (QED) is 0.662. The van der Waals surface area contributed by atoms with Gasteiger partial charge < -0.3 is 4.90 Å². The average Bonchev–Trinajstić information content (AvgIpc) is 3.02. The number of anilines is 1. The molecule has 1 amide bonds. The molecule has 2 aromatic carbocycles. The maximum Gasteiger partial charge on any atom is 0.253 e. The van der Waals surface area contributed by atoms with Crippen LogP contribution in [0.2, 0.25) is 0 Å². The molecule has 2 aliphatic rings. The van der Waals surface area contributed by atoms with E-state index in [2.05, 4.69) is 0 Å². The van der Waals surface area contributed by atoms with Crippen LogP contribution < -0.4 is 4.31 Å². The summed E-state index contributed by atoms with van der Waals surface area (Å²) in [5, 5.41) is 0. The first-order valence-electron chi connectivity index (χ1n) is 10.2. The number of carbonyl (C=O) groups is 1. The predicted octanol–water partition coefficient (Wildman–Crippen LogP) is 1.68. The lowest BCUT2D eigenvalue weighted by atomic mass is 10.1. The van der Waals surface area contributed by atoms with Crippen LogP contribution in [0.25, 0.3) is 0 Å². The van der Waals surface area contributed by atoms with Crippen molar-refractivity contribution in [1.29, 1.82) is 0 Å². The van der Waals surface area contributed by atoms with E-state index < -0.39 is 25.9 Å². The number of carbonyl (C=O) groups excluding carboxylic acids is 1. The highest BCUT2D eigenvalue weighted by Gasteiger charge is 2.30. The topological polar surface area (TPSA) is 95.1 Å². The van der Waals surface area contributed by atoms with E-state index in [0.29, 0.717) is 37.2 Å². The van der Waals surface area contributed by atoms with Crippen LogP contribution in [0.4, 0.5) is 10.1 Å². The number of fused-ring (bicyclic) bond motifs is 1. The van der Waals surface area contributed by atoms with Gasteiger partial charge in [0.1, 0.15) is 5.82 Å². The van der Waals surface area contributed by atoms with Gasteiger partial charge in [-0.15, -0.1) is 0 Å². The second-order valence-electron chi connectivity index (χ2n) is 7.93. The molecule has 4 rings (SSSR count). The van der Waals surface area contributed by atoms with Gasteiger partial charge >= 0.3 is 0 Å². The molecular weight excluding hydrogens is 457 g/mol. The molecule has 0 unspecified atom stereocenters. The molecule has 172 valence electrons. The zero-order chi connectivity index (χ0) is 23.1. The van der Waals surface area contributed by atoms with Crippen molar-refractivity contribution in [1.82, 2.24) is 9.21 Å². The summed E-state index contributed by atoms with van der Waals surface area (Å²) in [6.45, 7) is 1.38. The van der Waals surface area contributed by atoms with E-state index >= 15 is 0 Å². The van der Waals surface area contributed by atoms with Gasteiger partial charge in [-0.2, -0.15) is 4.31 Å². The molecule has 0 saturated carbocycles. The first kappa shape index (κ1) is 22.7. The average molecular weight is 482 g/mol. The molecule has 0 spiro atoms. The second kappa shape index (κ2) is 8.45. The van der Waals surface area contributed by atoms with E-state index in [0.717, 1.165) is 24.0 Å². The molecule has 0 aliphatic carbocycles. The van der Waals surface area contributed by atoms with E-state index in [4.69, 9.17) is 0 Å². The standard InChI is InChI=1S/C21H24FN3O5S2/c1-31(27,28)25-12-9-16-15-17(3-8-20(16)25)21(26)23-10-2-11-24(14-13-23)32(29,30)19-6-4-18(22)5-7-19/h3-8,15H,2,9-14H2,1H3. The van der Waals surface area contributed by atoms with Crippen LogP contribution >= 0.6 is 0 Å². The molecule has 1 fully saturated rings. The monoisotopic (exact) mass is 481 g/mol. The van der Waals surface area contributed by atoms with E-state index in [-0.39, 0.29) is 30.4 Å². The van der Waals surface area contributed by atoms with Crippen molar-refractivity contribution in [3.63, 3.8) is 0 Å². The maximum absolute atomic E-state index is 13.2. The molecule has 8 nitrogen and oxygen atoms in total. The number of sulfonamides is 2. The van der Waals surface area contributed by atoms with Gasteiger partial charge in [-0.3, -0.25) is 9.10 Å². The molecule has 0 N–H and O–H groups in total. The van der Waals surface area contributed by atoms with Crippen LogP contribution in [-0.4, -0.2) is 70.9 Å². The fraction of sp³-hybridized carbons (Fsp3) is 0.381. The van der Waals surface area contributed by atoms with Gasteiger partial charge in [-0.25, -0.2) is 21.2 Å². The molecular formula is C21H24FN3O5S2. The number of hydrogen-bond acceptors (Lipinski definition) is 5. The Balaban J connectivity index is 1.48. The minimum atomic E-state index is -3.78. The molecule has 2 aliphatic heterocycles. The maximum atomic E-state index is 13.2. The third kappa shape index (κ3) is 4.37. The summed E-state index contributed by atoms with van der Waals surface area (Å²) in [5.41, 5.74) is 1.85. The Morgan fingerprint density at radius 1 is 0.906 bits per heavy atom. The normalized spacial score (nSPS) is 17.8. The smallest absolute Gasteiger partial charge is 0.253 e. The summed E-state index contributed by atoms with van der Waals surface area (Å²) in [5.74, 6) is -0.725. The highest BCUT2D eigenvalue weighted by molar-refractivity contribution is 7.92. The Morgan fingerprint density at radius 2 is 1.62 bits per heavy atom. The number of halogens is 1. The van der Waals surface area contributed by atoms with Gasteiger partial charge in [0.15, 0.2) is 0 Å². The minimum Gasteiger partial charge on any atom is -0.337 e. The van der Waals surface area contributed by atoms with Gasteiger partial charge in [-0.1, -0.05) is 0 Å². The first-order chi connectivity index (χ1) is 15.1. The summed E-state index contributed by atoms with van der Waals surface area (Å²) >= 11 is 0. The van der Waals surface area contributed by atoms with E-state index in [1.807, 2.05) is 0 Å². The zero-order valence-corrected chi connectivity index (χ0v) is 19.2. The van der Waals surface area contributed by atoms with E-state index in [1.165, 1.54) is 20.7 Å². The fourth-order valence-electron chi connectivity index (χ4n) is 4.12. The van der Waals surface area contributed by atoms with Crippen molar-refractivity contribution in [2.24, 2.45) is 0 Å². The highest BCUT2D eigenvalue weighted by atomic mass is 32.2. The summed E-state index contributed by atoms with van der Waals surface area (Å²) in [6, 6.07) is 9.69. The Kier molecular flexibility index (Phi) is 5.99. The summed E-state index contributed by atoms with van der Waals surface area (Å²) < 4.78 is 65.4. The van der Waals surface area contributed by atoms with Crippen molar-refractivity contribution in [2.75, 3.05) is 43.3 Å². The van der Waals surface area contributed by atoms with Crippen LogP contribution in [-0.2, 0) is 26.5 Å². The molecule has 32 heavy (non-hydrogen) atoms. The lowest BCUT2D eigenvalue weighted by Gasteiger charge is -2.22. The van der Waals surface area contributed by atoms with Crippen LogP contribution in [0.15, 0.2) is 47.4 Å². The van der Waals surface area contributed by atoms with Crippen molar-refractivity contribution in [2.45, 2.75) is 17.7 Å². The minimum absolute atomic E-state index is 0.0210. The van der Waals surface area contributed by atoms with Gasteiger partial charge in [0, 0.05) is 38.3 Å². The first-order valence-corrected chi connectivity index (χ1v) is 13.5. The molecule has 0 bridgehead atoms. The van der Waals surface area contributed by atoms with Crippen molar-refractivity contribution < 1.29 is 26.0 Å². The number of benzene rings is 2. The molecule has 2 heterocycles. The second-order valence-corrected chi connectivity index (χ2v) is 11.8. The Morgan fingerprint density at radius 3 is 2.31 bits per heavy atom. The Labute approximate surface area is 187 Å². The SMILES string of the molecule is CS(=O)(=O)N1CCc2cc(C(=O)N3CCCN(S(=O)(=O)c4ccc(F)cc4)CC3)ccc21. The third-order valence-electron chi connectivity index (χ3n) is 5.77. The highest BCUT2D eigenvalue weighted by Crippen LogP contribution is 2.31. The van der Waals surface area contributed by atoms with Crippen molar-refractivity contribution in [3.8, 4) is 0 Å². The zero-order valence-electron chi connectivity index (χ0n) is 17.6. The van der Waals surface area contributed by atoms with Crippen molar-refractivity contribution >= 4 is 31.6 Å². The van der Waals surface area contributed by atoms with E-state index in [1.54, 1.807) is 23.1 Å². The fourth-order valence-corrected chi connectivity index (χ4v) is 6.55. The van der Waals surface area contributed by atoms with Crippen LogP contribution in [0, 0.1) is 5.82 Å². The number of rotatable bonds is 4. The molecule has 1 saturated heterocycles. The third-order valence-corrected chi connectivity index (χ3v) is 8.87. The number of nitrogens with zero attached hydrogens (tertiary/aromatic N) is 3. The Bertz CT molecular complexity index is 1250. The molecule has 0 radical (unpaired) electrons. The van der Waals surface area contributed by atoms with Crippen LogP contribution in [0.1, 0.15) is 22.3 Å². The van der Waals surface area contributed by atoms with E-state index in [9.17, 15) is 26.0 Å². The lowest BCUT2D eigenvalue weighted by molar-refractivity contribution is 0.0764. The van der Waals surface area contributed by atoms with Gasteiger partial charge in [-0.05, 0) is 60.9 Å². The van der Waals surface area contributed by atoms with Gasteiger partial charge in [0.25, 0.3) is 5.91 Å². The molecule has 11 heteroatoms. The van der Waals surface area contributed by atoms with Crippen LogP contribution in [0.5, 0.6) is 0 Å². The number of amides is 1. The predicted molar refractivity (Wildman–Crippen MR) is 118 cm³/mol. The number of hydrogen-bond donors (Lipinski definition) is 0. The molecule has 0 atom stereocenters. The molecule has 2 aromatic rings. The largest absolute Gasteiger partial charge is 0.337 e. The summed E-state index contributed by atoms with van der Waals surface area (Å²) in [4.78, 5) is 14.7.